The van der Waals surface area contributed by atoms with Crippen molar-refractivity contribution < 1.29 is 14.3 Å². The fraction of sp³-hybridized carbons (Fsp3) is 0.421. The number of aliphatic imine (C=N–C) groups is 1. The molecule has 7 heteroatoms. The predicted octanol–water partition coefficient (Wildman–Crippen LogP) is 2.35. The van der Waals surface area contributed by atoms with Crippen LogP contribution in [-0.2, 0) is 16.0 Å². The van der Waals surface area contributed by atoms with E-state index in [4.69, 9.17) is 9.47 Å². The maximum Gasteiger partial charge on any atom is 0.311 e. The minimum Gasteiger partial charge on any atom is -0.497 e. The number of nitrogens with zero attached hydrogens (tertiary/aromatic N) is 2. The first-order valence-corrected chi connectivity index (χ1v) is 8.44. The summed E-state index contributed by atoms with van der Waals surface area (Å²) in [5, 5.41) is 3.02. The van der Waals surface area contributed by atoms with Crippen LogP contribution in [0.5, 0.6) is 5.75 Å². The first kappa shape index (κ1) is 19.5. The van der Waals surface area contributed by atoms with Crippen molar-refractivity contribution in [2.45, 2.75) is 27.2 Å². The minimum atomic E-state index is -0.425. The Bertz CT molecular complexity index is 845. The Balaban J connectivity index is 2.53. The maximum absolute atomic E-state index is 13.0. The van der Waals surface area contributed by atoms with Crippen LogP contribution < -0.4 is 10.3 Å². The molecular formula is C19H25N3O4. The van der Waals surface area contributed by atoms with Crippen LogP contribution in [0.2, 0.25) is 0 Å². The van der Waals surface area contributed by atoms with Crippen molar-refractivity contribution in [1.29, 1.82) is 0 Å². The molecule has 0 saturated heterocycles. The van der Waals surface area contributed by atoms with E-state index in [1.807, 2.05) is 0 Å². The van der Waals surface area contributed by atoms with Gasteiger partial charge in [-0.3, -0.25) is 19.7 Å². The van der Waals surface area contributed by atoms with Gasteiger partial charge in [-0.15, -0.1) is 0 Å². The van der Waals surface area contributed by atoms with Crippen molar-refractivity contribution in [3.05, 3.63) is 45.9 Å². The summed E-state index contributed by atoms with van der Waals surface area (Å²) in [6, 6.07) is 7.07. The largest absolute Gasteiger partial charge is 0.497 e. The van der Waals surface area contributed by atoms with Gasteiger partial charge in [0.1, 0.15) is 5.75 Å². The van der Waals surface area contributed by atoms with Gasteiger partial charge in [-0.1, -0.05) is 13.8 Å². The highest BCUT2D eigenvalue weighted by Gasteiger charge is 2.20. The number of ether oxygens (including phenoxy) is 2. The average Bonchev–Trinajstić information content (AvgIpc) is 2.95. The zero-order valence-electron chi connectivity index (χ0n) is 15.8. The molecule has 0 saturated carbocycles. The molecule has 0 atom stereocenters. The number of aromatic amines is 1. The molecule has 1 aromatic heterocycles. The summed E-state index contributed by atoms with van der Waals surface area (Å²) in [6.45, 7) is 6.50. The highest BCUT2D eigenvalue weighted by Crippen LogP contribution is 2.15. The first-order chi connectivity index (χ1) is 12.4. The molecule has 0 aliphatic heterocycles. The normalized spacial score (nSPS) is 11.7. The molecule has 0 spiro atoms. The zero-order chi connectivity index (χ0) is 19.3. The van der Waals surface area contributed by atoms with Gasteiger partial charge in [-0.2, -0.15) is 0 Å². The molecule has 1 heterocycles. The molecule has 140 valence electrons. The van der Waals surface area contributed by atoms with Crippen molar-refractivity contribution in [3.8, 4) is 11.4 Å². The third kappa shape index (κ3) is 4.41. The number of carbonyl (C=O) groups excluding carboxylic acids is 1. The third-order valence-electron chi connectivity index (χ3n) is 3.90. The Morgan fingerprint density at radius 1 is 1.23 bits per heavy atom. The third-order valence-corrected chi connectivity index (χ3v) is 3.90. The van der Waals surface area contributed by atoms with E-state index < -0.39 is 5.97 Å². The molecule has 0 fully saturated rings. The van der Waals surface area contributed by atoms with Gasteiger partial charge in [0.15, 0.2) is 0 Å². The summed E-state index contributed by atoms with van der Waals surface area (Å²) in [5.74, 6) is 0.640. The first-order valence-electron chi connectivity index (χ1n) is 8.44. The Morgan fingerprint density at radius 3 is 2.42 bits per heavy atom. The van der Waals surface area contributed by atoms with E-state index in [0.29, 0.717) is 40.9 Å². The van der Waals surface area contributed by atoms with E-state index in [1.54, 1.807) is 38.3 Å². The van der Waals surface area contributed by atoms with E-state index in [1.165, 1.54) is 11.8 Å². The molecule has 0 radical (unpaired) electrons. The smallest absolute Gasteiger partial charge is 0.311 e. The van der Waals surface area contributed by atoms with Crippen molar-refractivity contribution in [2.75, 3.05) is 20.8 Å². The van der Waals surface area contributed by atoms with E-state index in [2.05, 4.69) is 23.9 Å². The summed E-state index contributed by atoms with van der Waals surface area (Å²) in [6.07, 6.45) is -0.0290. The molecule has 26 heavy (non-hydrogen) atoms. The fourth-order valence-electron chi connectivity index (χ4n) is 2.51. The molecule has 0 bridgehead atoms. The van der Waals surface area contributed by atoms with Gasteiger partial charge in [0.25, 0.3) is 5.56 Å². The highest BCUT2D eigenvalue weighted by atomic mass is 16.5. The molecule has 0 amide bonds. The lowest BCUT2D eigenvalue weighted by Gasteiger charge is -2.03. The van der Waals surface area contributed by atoms with Crippen LogP contribution in [0.4, 0.5) is 0 Å². The van der Waals surface area contributed by atoms with E-state index in [-0.39, 0.29) is 12.0 Å². The number of rotatable bonds is 7. The summed E-state index contributed by atoms with van der Waals surface area (Å²) < 4.78 is 11.3. The van der Waals surface area contributed by atoms with Crippen molar-refractivity contribution in [2.24, 2.45) is 10.9 Å². The van der Waals surface area contributed by atoms with Gasteiger partial charge in [0.2, 0.25) is 0 Å². The van der Waals surface area contributed by atoms with Gasteiger partial charge in [-0.05, 0) is 37.1 Å². The predicted molar refractivity (Wildman–Crippen MR) is 101 cm³/mol. The fourth-order valence-corrected chi connectivity index (χ4v) is 2.51. The lowest BCUT2D eigenvalue weighted by atomic mass is 10.1. The quantitative estimate of drug-likeness (QED) is 0.607. The van der Waals surface area contributed by atoms with Gasteiger partial charge >= 0.3 is 5.97 Å². The Hall–Kier alpha value is -2.83. The molecule has 1 aromatic carbocycles. The van der Waals surface area contributed by atoms with E-state index in [9.17, 15) is 9.59 Å². The second-order valence-corrected chi connectivity index (χ2v) is 6.38. The standard InChI is InChI=1S/C19H25N3O4/c1-12(2)11-20-13(3)18-16(10-17(23)26-5)21-22(19(18)24)14-6-8-15(25-4)9-7-14/h6-9,12,21H,10-11H2,1-5H3. The molecule has 2 aromatic rings. The number of carbonyl (C=O) groups is 1. The second-order valence-electron chi connectivity index (χ2n) is 6.38. The van der Waals surface area contributed by atoms with Crippen molar-refractivity contribution >= 4 is 11.7 Å². The van der Waals surface area contributed by atoms with E-state index >= 15 is 0 Å². The van der Waals surface area contributed by atoms with Gasteiger partial charge in [0, 0.05) is 12.3 Å². The second kappa shape index (κ2) is 8.51. The number of aromatic nitrogens is 2. The monoisotopic (exact) mass is 359 g/mol. The molecular weight excluding hydrogens is 334 g/mol. The molecule has 0 aliphatic carbocycles. The van der Waals surface area contributed by atoms with Gasteiger partial charge in [0.05, 0.1) is 37.6 Å². The number of hydrogen-bond donors (Lipinski definition) is 1. The van der Waals surface area contributed by atoms with Crippen molar-refractivity contribution in [1.82, 2.24) is 9.78 Å². The van der Waals surface area contributed by atoms with Gasteiger partial charge in [-0.25, -0.2) is 4.68 Å². The topological polar surface area (TPSA) is 85.7 Å². The Morgan fingerprint density at radius 2 is 1.88 bits per heavy atom. The summed E-state index contributed by atoms with van der Waals surface area (Å²) in [4.78, 5) is 29.2. The molecule has 2 rings (SSSR count). The minimum absolute atomic E-state index is 0.0290. The van der Waals surface area contributed by atoms with Crippen LogP contribution in [0.3, 0.4) is 0 Å². The number of hydrogen-bond acceptors (Lipinski definition) is 5. The molecule has 0 unspecified atom stereocenters. The zero-order valence-corrected chi connectivity index (χ0v) is 15.8. The number of methoxy groups -OCH3 is 2. The summed E-state index contributed by atoms with van der Waals surface area (Å²) in [5.41, 5.74) is 1.89. The summed E-state index contributed by atoms with van der Waals surface area (Å²) in [7, 11) is 2.90. The van der Waals surface area contributed by atoms with Crippen LogP contribution in [0.25, 0.3) is 5.69 Å². The molecule has 1 N–H and O–H groups in total. The van der Waals surface area contributed by atoms with Crippen LogP contribution in [0.15, 0.2) is 34.1 Å². The molecule has 7 nitrogen and oxygen atoms in total. The van der Waals surface area contributed by atoms with E-state index in [0.717, 1.165) is 0 Å². The SMILES string of the molecule is COC(=O)Cc1[nH]n(-c2ccc(OC)cc2)c(=O)c1C(C)=NCC(C)C. The van der Waals surface area contributed by atoms with Crippen molar-refractivity contribution in [3.63, 3.8) is 0 Å². The lowest BCUT2D eigenvalue weighted by Crippen LogP contribution is -2.20. The van der Waals surface area contributed by atoms with Crippen LogP contribution in [0, 0.1) is 5.92 Å². The highest BCUT2D eigenvalue weighted by molar-refractivity contribution is 6.00. The Labute approximate surface area is 152 Å². The number of nitrogens with one attached hydrogen (secondary N) is 1. The number of benzene rings is 1. The maximum atomic E-state index is 13.0. The number of H-pyrrole nitrogens is 1. The summed E-state index contributed by atoms with van der Waals surface area (Å²) >= 11 is 0. The molecule has 0 aliphatic rings. The van der Waals surface area contributed by atoms with Crippen LogP contribution in [-0.4, -0.2) is 42.2 Å². The van der Waals surface area contributed by atoms with Crippen LogP contribution in [0.1, 0.15) is 32.0 Å². The van der Waals surface area contributed by atoms with Gasteiger partial charge < -0.3 is 9.47 Å². The van der Waals surface area contributed by atoms with Crippen LogP contribution >= 0.6 is 0 Å². The number of esters is 1. The Kier molecular flexibility index (Phi) is 6.38. The lowest BCUT2D eigenvalue weighted by molar-refractivity contribution is -0.139. The average molecular weight is 359 g/mol.